The highest BCUT2D eigenvalue weighted by Gasteiger charge is 2.04. The van der Waals surface area contributed by atoms with Gasteiger partial charge in [-0.2, -0.15) is 0 Å². The lowest BCUT2D eigenvalue weighted by molar-refractivity contribution is 0.524. The molecule has 0 fully saturated rings. The molecule has 2 rings (SSSR count). The second-order valence-electron chi connectivity index (χ2n) is 4.79. The summed E-state index contributed by atoms with van der Waals surface area (Å²) in [6, 6.07) is 14.2. The Balaban J connectivity index is 1.98. The van der Waals surface area contributed by atoms with E-state index in [1.54, 1.807) is 0 Å². The highest BCUT2D eigenvalue weighted by Crippen LogP contribution is 2.21. The normalized spacial score (nSPS) is 13.2. The molecule has 0 aliphatic heterocycles. The van der Waals surface area contributed by atoms with E-state index in [1.165, 1.54) is 0 Å². The number of benzene rings is 1. The summed E-state index contributed by atoms with van der Waals surface area (Å²) in [4.78, 5) is 4.28. The van der Waals surface area contributed by atoms with Crippen molar-refractivity contribution in [1.29, 1.82) is 0 Å². The molecule has 106 valence electrons. The smallest absolute Gasteiger partial charge is 0.189 e. The van der Waals surface area contributed by atoms with E-state index in [0.717, 1.165) is 23.5 Å². The molecule has 0 spiro atoms. The highest BCUT2D eigenvalue weighted by molar-refractivity contribution is 5.78. The van der Waals surface area contributed by atoms with Crippen LogP contribution in [0.1, 0.15) is 26.0 Å². The molecule has 0 aliphatic rings. The van der Waals surface area contributed by atoms with Crippen LogP contribution in [-0.4, -0.2) is 12.0 Å². The molecule has 0 radical (unpaired) electrons. The van der Waals surface area contributed by atoms with Crippen molar-refractivity contribution in [2.24, 2.45) is 10.7 Å². The standard InChI is InChI=1S/C16H21N3O/c1-3-12(2)19-16(17)18-11-14-9-10-15(20-14)13-7-5-4-6-8-13/h4-10,12H,3,11H2,1-2H3,(H3,17,18,19). The van der Waals surface area contributed by atoms with Crippen LogP contribution in [0.4, 0.5) is 0 Å². The largest absolute Gasteiger partial charge is 0.459 e. The molecule has 3 N–H and O–H groups in total. The van der Waals surface area contributed by atoms with E-state index in [4.69, 9.17) is 10.2 Å². The molecule has 0 saturated heterocycles. The van der Waals surface area contributed by atoms with E-state index in [1.807, 2.05) is 42.5 Å². The van der Waals surface area contributed by atoms with Crippen LogP contribution < -0.4 is 11.1 Å². The minimum absolute atomic E-state index is 0.329. The molecule has 0 saturated carbocycles. The zero-order valence-corrected chi connectivity index (χ0v) is 12.0. The Morgan fingerprint density at radius 2 is 2.00 bits per heavy atom. The fourth-order valence-electron chi connectivity index (χ4n) is 1.78. The van der Waals surface area contributed by atoms with Gasteiger partial charge in [-0.05, 0) is 25.5 Å². The Bertz CT molecular complexity index is 560. The topological polar surface area (TPSA) is 63.5 Å². The number of hydrogen-bond donors (Lipinski definition) is 2. The lowest BCUT2D eigenvalue weighted by Gasteiger charge is -2.11. The molecule has 0 bridgehead atoms. The predicted octanol–water partition coefficient (Wildman–Crippen LogP) is 3.15. The van der Waals surface area contributed by atoms with Crippen LogP contribution in [0, 0.1) is 0 Å². The lowest BCUT2D eigenvalue weighted by atomic mass is 10.2. The van der Waals surface area contributed by atoms with Crippen molar-refractivity contribution in [3.05, 3.63) is 48.2 Å². The molecular formula is C16H21N3O. The van der Waals surface area contributed by atoms with Gasteiger partial charge < -0.3 is 15.5 Å². The number of furan rings is 1. The SMILES string of the molecule is CCC(C)NC(N)=NCc1ccc(-c2ccccc2)o1. The van der Waals surface area contributed by atoms with Gasteiger partial charge in [-0.1, -0.05) is 37.3 Å². The van der Waals surface area contributed by atoms with E-state index in [-0.39, 0.29) is 0 Å². The molecule has 20 heavy (non-hydrogen) atoms. The van der Waals surface area contributed by atoms with Gasteiger partial charge in [0.15, 0.2) is 5.96 Å². The maximum atomic E-state index is 5.81. The van der Waals surface area contributed by atoms with E-state index in [9.17, 15) is 0 Å². The fraction of sp³-hybridized carbons (Fsp3) is 0.312. The molecule has 1 unspecified atom stereocenters. The van der Waals surface area contributed by atoms with Crippen molar-refractivity contribution >= 4 is 5.96 Å². The zero-order valence-electron chi connectivity index (χ0n) is 12.0. The molecular weight excluding hydrogens is 250 g/mol. The number of aliphatic imine (C=N–C) groups is 1. The molecule has 4 heteroatoms. The molecule has 1 atom stereocenters. The third-order valence-electron chi connectivity index (χ3n) is 3.13. The number of guanidine groups is 1. The minimum atomic E-state index is 0.329. The lowest BCUT2D eigenvalue weighted by Crippen LogP contribution is -2.38. The van der Waals surface area contributed by atoms with Gasteiger partial charge in [-0.15, -0.1) is 0 Å². The summed E-state index contributed by atoms with van der Waals surface area (Å²) in [6.07, 6.45) is 1.01. The first-order valence-corrected chi connectivity index (χ1v) is 6.89. The molecule has 4 nitrogen and oxygen atoms in total. The highest BCUT2D eigenvalue weighted by atomic mass is 16.3. The predicted molar refractivity (Wildman–Crippen MR) is 82.4 cm³/mol. The summed E-state index contributed by atoms with van der Waals surface area (Å²) in [7, 11) is 0. The Morgan fingerprint density at radius 1 is 1.25 bits per heavy atom. The average molecular weight is 271 g/mol. The average Bonchev–Trinajstić information content (AvgIpc) is 2.95. The van der Waals surface area contributed by atoms with Gasteiger partial charge in [0.05, 0.1) is 0 Å². The fourth-order valence-corrected chi connectivity index (χ4v) is 1.78. The molecule has 1 aromatic heterocycles. The zero-order chi connectivity index (χ0) is 14.4. The second kappa shape index (κ2) is 6.80. The minimum Gasteiger partial charge on any atom is -0.459 e. The van der Waals surface area contributed by atoms with E-state index < -0.39 is 0 Å². The van der Waals surface area contributed by atoms with Crippen LogP contribution in [0.3, 0.4) is 0 Å². The summed E-state index contributed by atoms with van der Waals surface area (Å²) in [6.45, 7) is 4.62. The van der Waals surface area contributed by atoms with Gasteiger partial charge >= 0.3 is 0 Å². The van der Waals surface area contributed by atoms with Gasteiger partial charge in [-0.3, -0.25) is 0 Å². The Kier molecular flexibility index (Phi) is 4.82. The third-order valence-corrected chi connectivity index (χ3v) is 3.13. The van der Waals surface area contributed by atoms with Crippen LogP contribution in [0.5, 0.6) is 0 Å². The van der Waals surface area contributed by atoms with Crippen LogP contribution in [0.2, 0.25) is 0 Å². The first-order valence-electron chi connectivity index (χ1n) is 6.89. The van der Waals surface area contributed by atoms with Gasteiger partial charge in [0.25, 0.3) is 0 Å². The Morgan fingerprint density at radius 3 is 2.70 bits per heavy atom. The monoisotopic (exact) mass is 271 g/mol. The molecule has 2 aromatic rings. The second-order valence-corrected chi connectivity index (χ2v) is 4.79. The van der Waals surface area contributed by atoms with Crippen LogP contribution in [-0.2, 0) is 6.54 Å². The number of hydrogen-bond acceptors (Lipinski definition) is 2. The van der Waals surface area contributed by atoms with Gasteiger partial charge in [0.1, 0.15) is 18.1 Å². The number of nitrogens with two attached hydrogens (primary N) is 1. The molecule has 1 heterocycles. The third kappa shape index (κ3) is 3.88. The Hall–Kier alpha value is -2.23. The molecule has 0 amide bonds. The summed E-state index contributed by atoms with van der Waals surface area (Å²) in [5.41, 5.74) is 6.88. The van der Waals surface area contributed by atoms with Crippen molar-refractivity contribution in [2.75, 3.05) is 0 Å². The van der Waals surface area contributed by atoms with E-state index in [0.29, 0.717) is 18.5 Å². The summed E-state index contributed by atoms with van der Waals surface area (Å²) < 4.78 is 5.76. The number of rotatable bonds is 5. The summed E-state index contributed by atoms with van der Waals surface area (Å²) in [5.74, 6) is 2.11. The van der Waals surface area contributed by atoms with Crippen molar-refractivity contribution in [2.45, 2.75) is 32.9 Å². The summed E-state index contributed by atoms with van der Waals surface area (Å²) >= 11 is 0. The molecule has 0 aliphatic carbocycles. The van der Waals surface area contributed by atoms with Crippen LogP contribution >= 0.6 is 0 Å². The van der Waals surface area contributed by atoms with E-state index >= 15 is 0 Å². The maximum Gasteiger partial charge on any atom is 0.189 e. The van der Waals surface area contributed by atoms with Crippen LogP contribution in [0.25, 0.3) is 11.3 Å². The van der Waals surface area contributed by atoms with Gasteiger partial charge in [0, 0.05) is 11.6 Å². The Labute approximate surface area is 119 Å². The van der Waals surface area contributed by atoms with Crippen molar-refractivity contribution in [1.82, 2.24) is 5.32 Å². The first kappa shape index (κ1) is 14.2. The summed E-state index contributed by atoms with van der Waals surface area (Å²) in [5, 5.41) is 3.12. The van der Waals surface area contributed by atoms with E-state index in [2.05, 4.69) is 24.2 Å². The van der Waals surface area contributed by atoms with Crippen molar-refractivity contribution in [3.8, 4) is 11.3 Å². The maximum absolute atomic E-state index is 5.81. The quantitative estimate of drug-likeness (QED) is 0.648. The van der Waals surface area contributed by atoms with Crippen molar-refractivity contribution in [3.63, 3.8) is 0 Å². The van der Waals surface area contributed by atoms with Crippen molar-refractivity contribution < 1.29 is 4.42 Å². The number of nitrogens with zero attached hydrogens (tertiary/aromatic N) is 1. The number of nitrogens with one attached hydrogen (secondary N) is 1. The molecule has 1 aromatic carbocycles. The first-order chi connectivity index (χ1) is 9.69. The van der Waals surface area contributed by atoms with Crippen LogP contribution in [0.15, 0.2) is 51.9 Å². The van der Waals surface area contributed by atoms with Gasteiger partial charge in [-0.25, -0.2) is 4.99 Å². The van der Waals surface area contributed by atoms with Gasteiger partial charge in [0.2, 0.25) is 0 Å².